The summed E-state index contributed by atoms with van der Waals surface area (Å²) in [6, 6.07) is 9.24. The smallest absolute Gasteiger partial charge is 0.302 e. The van der Waals surface area contributed by atoms with Gasteiger partial charge < -0.3 is 4.90 Å². The van der Waals surface area contributed by atoms with E-state index in [0.29, 0.717) is 12.2 Å². The van der Waals surface area contributed by atoms with Crippen molar-refractivity contribution in [1.29, 1.82) is 0 Å². The Kier molecular flexibility index (Phi) is 5.00. The first kappa shape index (κ1) is 16.7. The Bertz CT molecular complexity index is 817. The van der Waals surface area contributed by atoms with Crippen molar-refractivity contribution in [2.45, 2.75) is 39.7 Å². The molecular weight excluding hydrogens is 302 g/mol. The van der Waals surface area contributed by atoms with Crippen LogP contribution in [-0.2, 0) is 19.4 Å². The third-order valence-corrected chi connectivity index (χ3v) is 4.95. The minimum atomic E-state index is -0.209. The third kappa shape index (κ3) is 2.96. The molecule has 0 radical (unpaired) electrons. The zero-order valence-corrected chi connectivity index (χ0v) is 14.5. The van der Waals surface area contributed by atoms with E-state index in [4.69, 9.17) is 0 Å². The molecule has 1 aliphatic rings. The lowest BCUT2D eigenvalue weighted by atomic mass is 10.2. The molecule has 0 unspecified atom stereocenters. The van der Waals surface area contributed by atoms with Gasteiger partial charge in [-0.1, -0.05) is 32.0 Å². The number of benzene rings is 1. The van der Waals surface area contributed by atoms with Gasteiger partial charge in [-0.25, -0.2) is 9.36 Å². The van der Waals surface area contributed by atoms with E-state index < -0.39 is 0 Å². The SMILES string of the molecule is CCN(CC)CCn1c2c(c(=O)n(-c3ccccc3)c1=O)CCC2. The zero-order valence-electron chi connectivity index (χ0n) is 14.5. The molecule has 3 rings (SSSR count). The normalized spacial score (nSPS) is 13.5. The number of hydrogen-bond acceptors (Lipinski definition) is 3. The van der Waals surface area contributed by atoms with Gasteiger partial charge in [0.2, 0.25) is 0 Å². The van der Waals surface area contributed by atoms with E-state index in [0.717, 1.165) is 50.2 Å². The van der Waals surface area contributed by atoms with Gasteiger partial charge in [0.15, 0.2) is 0 Å². The Balaban J connectivity index is 2.11. The first-order valence-electron chi connectivity index (χ1n) is 8.82. The van der Waals surface area contributed by atoms with Crippen LogP contribution in [0.3, 0.4) is 0 Å². The zero-order chi connectivity index (χ0) is 17.1. The molecule has 0 amide bonds. The van der Waals surface area contributed by atoms with Crippen molar-refractivity contribution in [1.82, 2.24) is 14.0 Å². The first-order valence-corrected chi connectivity index (χ1v) is 8.82. The average molecular weight is 327 g/mol. The summed E-state index contributed by atoms with van der Waals surface area (Å²) in [6.45, 7) is 7.64. The van der Waals surface area contributed by atoms with Crippen LogP contribution in [0.1, 0.15) is 31.5 Å². The molecule has 1 aromatic carbocycles. The summed E-state index contributed by atoms with van der Waals surface area (Å²) in [5.41, 5.74) is 2.07. The summed E-state index contributed by atoms with van der Waals surface area (Å²) in [5.74, 6) is 0. The van der Waals surface area contributed by atoms with Crippen LogP contribution in [0.4, 0.5) is 0 Å². The van der Waals surface area contributed by atoms with Gasteiger partial charge in [0, 0.05) is 24.3 Å². The summed E-state index contributed by atoms with van der Waals surface area (Å²) in [4.78, 5) is 28.2. The van der Waals surface area contributed by atoms with E-state index in [1.807, 2.05) is 34.9 Å². The predicted molar refractivity (Wildman–Crippen MR) is 96.1 cm³/mol. The molecular formula is C19H25N3O2. The Morgan fingerprint density at radius 3 is 2.42 bits per heavy atom. The van der Waals surface area contributed by atoms with Gasteiger partial charge in [0.05, 0.1) is 5.69 Å². The topological polar surface area (TPSA) is 47.2 Å². The Hall–Kier alpha value is -2.14. The second-order valence-corrected chi connectivity index (χ2v) is 6.22. The maximum Gasteiger partial charge on any atom is 0.335 e. The molecule has 0 aliphatic heterocycles. The second kappa shape index (κ2) is 7.18. The monoisotopic (exact) mass is 327 g/mol. The average Bonchev–Trinajstić information content (AvgIpc) is 3.09. The quantitative estimate of drug-likeness (QED) is 0.813. The number of hydrogen-bond donors (Lipinski definition) is 0. The van der Waals surface area contributed by atoms with Crippen molar-refractivity contribution < 1.29 is 0 Å². The lowest BCUT2D eigenvalue weighted by Gasteiger charge is -2.21. The Morgan fingerprint density at radius 1 is 1.04 bits per heavy atom. The van der Waals surface area contributed by atoms with E-state index in [1.54, 1.807) is 0 Å². The fraction of sp³-hybridized carbons (Fsp3) is 0.474. The maximum absolute atomic E-state index is 13.0. The van der Waals surface area contributed by atoms with Gasteiger partial charge in [-0.05, 0) is 44.5 Å². The van der Waals surface area contributed by atoms with E-state index in [9.17, 15) is 9.59 Å². The standard InChI is InChI=1S/C19H25N3O2/c1-3-20(4-2)13-14-21-17-12-8-11-16(17)18(23)22(19(21)24)15-9-6-5-7-10-15/h5-7,9-10H,3-4,8,11-14H2,1-2H3. The minimum absolute atomic E-state index is 0.141. The molecule has 5 heteroatoms. The van der Waals surface area contributed by atoms with Crippen LogP contribution >= 0.6 is 0 Å². The first-order chi connectivity index (χ1) is 11.7. The molecule has 0 bridgehead atoms. The van der Waals surface area contributed by atoms with Crippen LogP contribution < -0.4 is 11.2 Å². The van der Waals surface area contributed by atoms with Crippen molar-refractivity contribution in [3.8, 4) is 5.69 Å². The fourth-order valence-corrected chi connectivity index (χ4v) is 3.53. The molecule has 0 spiro atoms. The van der Waals surface area contributed by atoms with Crippen molar-refractivity contribution in [3.05, 3.63) is 62.4 Å². The van der Waals surface area contributed by atoms with Gasteiger partial charge in [-0.2, -0.15) is 0 Å². The number of nitrogens with zero attached hydrogens (tertiary/aromatic N) is 3. The molecule has 5 nitrogen and oxygen atoms in total. The molecule has 128 valence electrons. The van der Waals surface area contributed by atoms with Crippen LogP contribution in [0.15, 0.2) is 39.9 Å². The molecule has 1 heterocycles. The second-order valence-electron chi connectivity index (χ2n) is 6.22. The van der Waals surface area contributed by atoms with Gasteiger partial charge in [0.1, 0.15) is 0 Å². The van der Waals surface area contributed by atoms with Gasteiger partial charge >= 0.3 is 5.69 Å². The molecule has 0 atom stereocenters. The van der Waals surface area contributed by atoms with Crippen LogP contribution in [0.25, 0.3) is 5.69 Å². The van der Waals surface area contributed by atoms with Crippen LogP contribution in [0.5, 0.6) is 0 Å². The van der Waals surface area contributed by atoms with Crippen LogP contribution in [0, 0.1) is 0 Å². The van der Waals surface area contributed by atoms with E-state index in [-0.39, 0.29) is 11.2 Å². The highest BCUT2D eigenvalue weighted by Crippen LogP contribution is 2.18. The Labute approximate surface area is 142 Å². The Morgan fingerprint density at radius 2 is 1.75 bits per heavy atom. The van der Waals surface area contributed by atoms with Crippen molar-refractivity contribution in [3.63, 3.8) is 0 Å². The molecule has 1 aliphatic carbocycles. The lowest BCUT2D eigenvalue weighted by molar-refractivity contribution is 0.286. The lowest BCUT2D eigenvalue weighted by Crippen LogP contribution is -2.43. The van der Waals surface area contributed by atoms with Crippen molar-refractivity contribution in [2.75, 3.05) is 19.6 Å². The summed E-state index contributed by atoms with van der Waals surface area (Å²) in [6.07, 6.45) is 2.55. The molecule has 0 saturated heterocycles. The molecule has 0 saturated carbocycles. The summed E-state index contributed by atoms with van der Waals surface area (Å²) in [5, 5.41) is 0. The van der Waals surface area contributed by atoms with Crippen molar-refractivity contribution >= 4 is 0 Å². The third-order valence-electron chi connectivity index (χ3n) is 4.95. The highest BCUT2D eigenvalue weighted by molar-refractivity contribution is 5.34. The molecule has 1 aromatic heterocycles. The molecule has 0 fully saturated rings. The molecule has 0 N–H and O–H groups in total. The fourth-order valence-electron chi connectivity index (χ4n) is 3.53. The number of rotatable bonds is 6. The molecule has 24 heavy (non-hydrogen) atoms. The highest BCUT2D eigenvalue weighted by atomic mass is 16.2. The highest BCUT2D eigenvalue weighted by Gasteiger charge is 2.23. The van der Waals surface area contributed by atoms with E-state index in [1.165, 1.54) is 4.57 Å². The summed E-state index contributed by atoms with van der Waals surface area (Å²) >= 11 is 0. The van der Waals surface area contributed by atoms with Crippen molar-refractivity contribution in [2.24, 2.45) is 0 Å². The van der Waals surface area contributed by atoms with Gasteiger partial charge in [-0.15, -0.1) is 0 Å². The van der Waals surface area contributed by atoms with Gasteiger partial charge in [-0.3, -0.25) is 9.36 Å². The number of fused-ring (bicyclic) bond motifs is 1. The van der Waals surface area contributed by atoms with Crippen LogP contribution in [0.2, 0.25) is 0 Å². The summed E-state index contributed by atoms with van der Waals surface area (Å²) in [7, 11) is 0. The van der Waals surface area contributed by atoms with Crippen LogP contribution in [-0.4, -0.2) is 33.7 Å². The van der Waals surface area contributed by atoms with E-state index in [2.05, 4.69) is 18.7 Å². The maximum atomic E-state index is 13.0. The number of para-hydroxylation sites is 1. The summed E-state index contributed by atoms with van der Waals surface area (Å²) < 4.78 is 3.17. The van der Waals surface area contributed by atoms with Gasteiger partial charge in [0.25, 0.3) is 5.56 Å². The number of likely N-dealkylation sites (N-methyl/N-ethyl adjacent to an activating group) is 1. The van der Waals surface area contributed by atoms with E-state index >= 15 is 0 Å². The predicted octanol–water partition coefficient (Wildman–Crippen LogP) is 1.83. The minimum Gasteiger partial charge on any atom is -0.302 e. The molecule has 2 aromatic rings. The number of aromatic nitrogens is 2. The largest absolute Gasteiger partial charge is 0.335 e.